The SMILES string of the molecule is O=c1c2ccccc2c(-c2nc(-c3ccccn3)no2)cn1-c1cccc(F)c1. The van der Waals surface area contributed by atoms with Crippen LogP contribution in [-0.2, 0) is 0 Å². The van der Waals surface area contributed by atoms with Gasteiger partial charge in [-0.2, -0.15) is 4.98 Å². The summed E-state index contributed by atoms with van der Waals surface area (Å²) in [5.74, 6) is 0.152. The Bertz CT molecular complexity index is 1390. The summed E-state index contributed by atoms with van der Waals surface area (Å²) in [6, 6.07) is 18.4. The van der Waals surface area contributed by atoms with Crippen LogP contribution in [0.1, 0.15) is 0 Å². The molecular formula is C22H13FN4O2. The van der Waals surface area contributed by atoms with Gasteiger partial charge in [0.2, 0.25) is 5.82 Å². The van der Waals surface area contributed by atoms with E-state index in [0.717, 1.165) is 0 Å². The van der Waals surface area contributed by atoms with E-state index in [1.807, 2.05) is 18.2 Å². The van der Waals surface area contributed by atoms with Gasteiger partial charge < -0.3 is 4.52 Å². The van der Waals surface area contributed by atoms with Crippen LogP contribution in [0.4, 0.5) is 4.39 Å². The summed E-state index contributed by atoms with van der Waals surface area (Å²) < 4.78 is 20.6. The highest BCUT2D eigenvalue weighted by Crippen LogP contribution is 2.28. The van der Waals surface area contributed by atoms with E-state index >= 15 is 0 Å². The lowest BCUT2D eigenvalue weighted by molar-refractivity contribution is 0.432. The molecule has 5 aromatic rings. The first-order valence-electron chi connectivity index (χ1n) is 8.86. The number of nitrogens with zero attached hydrogens (tertiary/aromatic N) is 4. The summed E-state index contributed by atoms with van der Waals surface area (Å²) in [5.41, 5.74) is 1.29. The average molecular weight is 384 g/mol. The van der Waals surface area contributed by atoms with Gasteiger partial charge in [0.05, 0.1) is 11.3 Å². The second-order valence-electron chi connectivity index (χ2n) is 6.38. The Labute approximate surface area is 163 Å². The van der Waals surface area contributed by atoms with Crippen LogP contribution in [0.5, 0.6) is 0 Å². The number of halogens is 1. The predicted octanol–water partition coefficient (Wildman–Crippen LogP) is 4.24. The molecular weight excluding hydrogens is 371 g/mol. The van der Waals surface area contributed by atoms with Gasteiger partial charge >= 0.3 is 0 Å². The Balaban J connectivity index is 1.75. The number of fused-ring (bicyclic) bond motifs is 1. The van der Waals surface area contributed by atoms with Gasteiger partial charge in [-0.15, -0.1) is 0 Å². The van der Waals surface area contributed by atoms with Crippen LogP contribution in [0.2, 0.25) is 0 Å². The highest BCUT2D eigenvalue weighted by Gasteiger charge is 2.17. The molecule has 3 aromatic heterocycles. The van der Waals surface area contributed by atoms with E-state index in [2.05, 4.69) is 15.1 Å². The first-order chi connectivity index (χ1) is 14.2. The van der Waals surface area contributed by atoms with Gasteiger partial charge in [0.15, 0.2) is 0 Å². The van der Waals surface area contributed by atoms with Crippen molar-refractivity contribution in [1.82, 2.24) is 19.7 Å². The Morgan fingerprint density at radius 1 is 0.931 bits per heavy atom. The molecule has 0 N–H and O–H groups in total. The average Bonchev–Trinajstić information content (AvgIpc) is 3.25. The first-order valence-corrected chi connectivity index (χ1v) is 8.86. The third-order valence-corrected chi connectivity index (χ3v) is 4.56. The van der Waals surface area contributed by atoms with E-state index in [1.54, 1.807) is 48.8 Å². The van der Waals surface area contributed by atoms with Crippen molar-refractivity contribution in [2.24, 2.45) is 0 Å². The van der Waals surface area contributed by atoms with E-state index in [-0.39, 0.29) is 11.4 Å². The van der Waals surface area contributed by atoms with Crippen molar-refractivity contribution in [3.05, 3.63) is 95.3 Å². The van der Waals surface area contributed by atoms with Gasteiger partial charge in [0, 0.05) is 23.2 Å². The number of hydrogen-bond donors (Lipinski definition) is 0. The Hall–Kier alpha value is -4.13. The molecule has 0 amide bonds. The van der Waals surface area contributed by atoms with Gasteiger partial charge in [0.1, 0.15) is 11.5 Å². The molecule has 0 aliphatic carbocycles. The normalized spacial score (nSPS) is 11.1. The molecule has 7 heteroatoms. The largest absolute Gasteiger partial charge is 0.333 e. The fraction of sp³-hybridized carbons (Fsp3) is 0. The van der Waals surface area contributed by atoms with Crippen molar-refractivity contribution in [2.45, 2.75) is 0 Å². The van der Waals surface area contributed by atoms with Crippen molar-refractivity contribution in [3.63, 3.8) is 0 Å². The maximum Gasteiger partial charge on any atom is 0.262 e. The zero-order valence-electron chi connectivity index (χ0n) is 15.0. The second-order valence-corrected chi connectivity index (χ2v) is 6.38. The second kappa shape index (κ2) is 6.79. The summed E-state index contributed by atoms with van der Waals surface area (Å²) in [6.07, 6.45) is 3.24. The quantitative estimate of drug-likeness (QED) is 0.465. The maximum atomic E-state index is 13.7. The molecule has 0 radical (unpaired) electrons. The van der Waals surface area contributed by atoms with Crippen LogP contribution in [0.25, 0.3) is 39.4 Å². The van der Waals surface area contributed by atoms with Crippen molar-refractivity contribution < 1.29 is 8.91 Å². The maximum absolute atomic E-state index is 13.7. The zero-order valence-corrected chi connectivity index (χ0v) is 15.0. The third-order valence-electron chi connectivity index (χ3n) is 4.56. The fourth-order valence-corrected chi connectivity index (χ4v) is 3.21. The van der Waals surface area contributed by atoms with Crippen molar-refractivity contribution in [2.75, 3.05) is 0 Å². The van der Waals surface area contributed by atoms with Crippen LogP contribution >= 0.6 is 0 Å². The molecule has 0 atom stereocenters. The molecule has 5 rings (SSSR count). The monoisotopic (exact) mass is 384 g/mol. The van der Waals surface area contributed by atoms with Gasteiger partial charge in [0.25, 0.3) is 11.4 Å². The molecule has 6 nitrogen and oxygen atoms in total. The molecule has 0 saturated carbocycles. The van der Waals surface area contributed by atoms with E-state index in [9.17, 15) is 9.18 Å². The van der Waals surface area contributed by atoms with Gasteiger partial charge in [-0.25, -0.2) is 4.39 Å². The summed E-state index contributed by atoms with van der Waals surface area (Å²) >= 11 is 0. The number of pyridine rings is 2. The van der Waals surface area contributed by atoms with Gasteiger partial charge in [-0.05, 0) is 36.4 Å². The molecule has 0 saturated heterocycles. The standard InChI is InChI=1S/C22H13FN4O2/c23-14-6-5-7-15(12-14)27-13-18(16-8-1-2-9-17(16)22(27)28)21-25-20(26-29-21)19-10-3-4-11-24-19/h1-13H. The van der Waals surface area contributed by atoms with Crippen molar-refractivity contribution >= 4 is 10.8 Å². The molecule has 0 aliphatic rings. The molecule has 2 aromatic carbocycles. The Morgan fingerprint density at radius 2 is 1.76 bits per heavy atom. The summed E-state index contributed by atoms with van der Waals surface area (Å²) in [6.45, 7) is 0. The van der Waals surface area contributed by atoms with Gasteiger partial charge in [-0.1, -0.05) is 35.5 Å². The van der Waals surface area contributed by atoms with E-state index in [1.165, 1.54) is 16.7 Å². The van der Waals surface area contributed by atoms with E-state index in [4.69, 9.17) is 4.52 Å². The molecule has 0 aliphatic heterocycles. The molecule has 0 unspecified atom stereocenters. The molecule has 0 bridgehead atoms. The lowest BCUT2D eigenvalue weighted by Gasteiger charge is -2.10. The molecule has 0 spiro atoms. The lowest BCUT2D eigenvalue weighted by atomic mass is 10.1. The van der Waals surface area contributed by atoms with E-state index < -0.39 is 5.82 Å². The zero-order chi connectivity index (χ0) is 19.8. The van der Waals surface area contributed by atoms with Crippen LogP contribution in [0.3, 0.4) is 0 Å². The van der Waals surface area contributed by atoms with Gasteiger partial charge in [-0.3, -0.25) is 14.3 Å². The third kappa shape index (κ3) is 2.98. The minimum atomic E-state index is -0.431. The summed E-state index contributed by atoms with van der Waals surface area (Å²) in [7, 11) is 0. The Kier molecular flexibility index (Phi) is 3.98. The number of rotatable bonds is 3. The van der Waals surface area contributed by atoms with E-state index in [0.29, 0.717) is 33.5 Å². The fourth-order valence-electron chi connectivity index (χ4n) is 3.21. The highest BCUT2D eigenvalue weighted by atomic mass is 19.1. The molecule has 140 valence electrons. The number of hydrogen-bond acceptors (Lipinski definition) is 5. The summed E-state index contributed by atoms with van der Waals surface area (Å²) in [5, 5.41) is 5.15. The number of benzene rings is 2. The first kappa shape index (κ1) is 17.0. The van der Waals surface area contributed by atoms with Crippen LogP contribution in [0.15, 0.2) is 88.4 Å². The molecule has 3 heterocycles. The van der Waals surface area contributed by atoms with Crippen LogP contribution in [0, 0.1) is 5.82 Å². The Morgan fingerprint density at radius 3 is 2.55 bits per heavy atom. The topological polar surface area (TPSA) is 73.8 Å². The van der Waals surface area contributed by atoms with Crippen molar-refractivity contribution in [3.8, 4) is 28.7 Å². The smallest absolute Gasteiger partial charge is 0.262 e. The minimum absolute atomic E-state index is 0.243. The van der Waals surface area contributed by atoms with Crippen LogP contribution < -0.4 is 5.56 Å². The number of aromatic nitrogens is 4. The summed E-state index contributed by atoms with van der Waals surface area (Å²) in [4.78, 5) is 21.7. The molecule has 29 heavy (non-hydrogen) atoms. The molecule has 0 fully saturated rings. The van der Waals surface area contributed by atoms with Crippen LogP contribution in [-0.4, -0.2) is 19.7 Å². The lowest BCUT2D eigenvalue weighted by Crippen LogP contribution is -2.18. The predicted molar refractivity (Wildman–Crippen MR) is 106 cm³/mol. The minimum Gasteiger partial charge on any atom is -0.333 e. The highest BCUT2D eigenvalue weighted by molar-refractivity contribution is 5.94. The van der Waals surface area contributed by atoms with Crippen molar-refractivity contribution in [1.29, 1.82) is 0 Å².